The van der Waals surface area contributed by atoms with Crippen LogP contribution in [0.5, 0.6) is 5.75 Å². The molecule has 0 bridgehead atoms. The topological polar surface area (TPSA) is 61.9 Å². The van der Waals surface area contributed by atoms with Crippen LogP contribution in [-0.2, 0) is 4.79 Å². The number of halogens is 1. The molecule has 0 saturated carbocycles. The molecule has 35 heavy (non-hydrogen) atoms. The summed E-state index contributed by atoms with van der Waals surface area (Å²) >= 11 is 6.04. The van der Waals surface area contributed by atoms with Crippen molar-refractivity contribution in [1.29, 1.82) is 0 Å². The van der Waals surface area contributed by atoms with E-state index in [0.717, 1.165) is 12.1 Å². The first kappa shape index (κ1) is 23.0. The molecular weight excluding hydrogens is 462 g/mol. The van der Waals surface area contributed by atoms with Gasteiger partial charge in [-0.15, -0.1) is 0 Å². The molecule has 1 atom stereocenters. The molecule has 2 aliphatic rings. The lowest BCUT2D eigenvalue weighted by Crippen LogP contribution is -2.53. The Bertz CT molecular complexity index is 1340. The van der Waals surface area contributed by atoms with E-state index in [9.17, 15) is 9.59 Å². The lowest BCUT2D eigenvalue weighted by Gasteiger charge is -2.41. The van der Waals surface area contributed by atoms with Crippen LogP contribution in [0.4, 0.5) is 11.4 Å². The van der Waals surface area contributed by atoms with Gasteiger partial charge >= 0.3 is 0 Å². The molecule has 178 valence electrons. The van der Waals surface area contributed by atoms with Crippen molar-refractivity contribution in [2.45, 2.75) is 19.9 Å². The zero-order chi connectivity index (χ0) is 24.5. The zero-order valence-electron chi connectivity index (χ0n) is 19.6. The molecule has 1 N–H and O–H groups in total. The van der Waals surface area contributed by atoms with Gasteiger partial charge in [0.15, 0.2) is 11.5 Å². The summed E-state index contributed by atoms with van der Waals surface area (Å²) in [5.74, 6) is 0.229. The van der Waals surface area contributed by atoms with Gasteiger partial charge in [0.05, 0.1) is 5.69 Å². The van der Waals surface area contributed by atoms with Gasteiger partial charge in [-0.25, -0.2) is 0 Å². The Labute approximate surface area is 209 Å². The molecule has 0 radical (unpaired) electrons. The van der Waals surface area contributed by atoms with Crippen LogP contribution in [0.25, 0.3) is 6.08 Å². The molecule has 5 rings (SSSR count). The summed E-state index contributed by atoms with van der Waals surface area (Å²) in [6.45, 7) is 6.24. The Morgan fingerprint density at radius 3 is 2.69 bits per heavy atom. The fourth-order valence-corrected chi connectivity index (χ4v) is 4.75. The Morgan fingerprint density at radius 1 is 1.09 bits per heavy atom. The van der Waals surface area contributed by atoms with E-state index >= 15 is 0 Å². The van der Waals surface area contributed by atoms with Crippen molar-refractivity contribution < 1.29 is 14.3 Å². The van der Waals surface area contributed by atoms with Crippen LogP contribution in [0, 0.1) is 6.92 Å². The van der Waals surface area contributed by atoms with Gasteiger partial charge in [0.25, 0.3) is 11.8 Å². The average molecular weight is 488 g/mol. The third-order valence-electron chi connectivity index (χ3n) is 6.31. The Morgan fingerprint density at radius 2 is 1.91 bits per heavy atom. The van der Waals surface area contributed by atoms with Gasteiger partial charge in [0, 0.05) is 41.9 Å². The Kier molecular flexibility index (Phi) is 6.22. The Balaban J connectivity index is 1.30. The van der Waals surface area contributed by atoms with E-state index < -0.39 is 0 Å². The van der Waals surface area contributed by atoms with E-state index in [4.69, 9.17) is 16.3 Å². The number of anilines is 2. The number of hydrogen-bond donors (Lipinski definition) is 1. The van der Waals surface area contributed by atoms with Gasteiger partial charge in [-0.05, 0) is 73.5 Å². The lowest BCUT2D eigenvalue weighted by molar-refractivity contribution is -0.115. The maximum absolute atomic E-state index is 13.3. The number of piperazine rings is 1. The summed E-state index contributed by atoms with van der Waals surface area (Å²) in [6.07, 6.45) is 1.64. The molecule has 3 aromatic rings. The maximum atomic E-state index is 13.3. The number of hydrogen-bond acceptors (Lipinski definition) is 4. The van der Waals surface area contributed by atoms with Crippen LogP contribution < -0.4 is 15.0 Å². The number of carbonyl (C=O) groups excluding carboxylic acids is 2. The second-order valence-corrected chi connectivity index (χ2v) is 9.40. The molecule has 0 aliphatic carbocycles. The predicted molar refractivity (Wildman–Crippen MR) is 139 cm³/mol. The van der Waals surface area contributed by atoms with Crippen molar-refractivity contribution >= 4 is 40.9 Å². The van der Waals surface area contributed by atoms with Crippen LogP contribution in [-0.4, -0.2) is 42.4 Å². The smallest absolute Gasteiger partial charge is 0.291 e. The SMILES string of the molecule is Cc1cccc(N2CCN(C(=O)c3ccc4c(c3)NC(=O)/C(=C\c3cccc(Cl)c3)O4)C[C@H]2C)c1. The van der Waals surface area contributed by atoms with E-state index in [1.54, 1.807) is 36.4 Å². The minimum atomic E-state index is -0.373. The quantitative estimate of drug-likeness (QED) is 0.504. The Hall–Kier alpha value is -3.77. The minimum Gasteiger partial charge on any atom is -0.449 e. The van der Waals surface area contributed by atoms with Crippen LogP contribution in [0.1, 0.15) is 28.4 Å². The van der Waals surface area contributed by atoms with E-state index in [1.165, 1.54) is 11.3 Å². The van der Waals surface area contributed by atoms with Gasteiger partial charge in [-0.3, -0.25) is 9.59 Å². The van der Waals surface area contributed by atoms with Gasteiger partial charge in [0.1, 0.15) is 0 Å². The fourth-order valence-electron chi connectivity index (χ4n) is 4.56. The minimum absolute atomic E-state index is 0.0574. The second-order valence-electron chi connectivity index (χ2n) is 8.96. The van der Waals surface area contributed by atoms with Crippen molar-refractivity contribution in [1.82, 2.24) is 4.90 Å². The van der Waals surface area contributed by atoms with Crippen molar-refractivity contribution in [3.05, 3.63) is 94.2 Å². The van der Waals surface area contributed by atoms with Crippen molar-refractivity contribution in [3.63, 3.8) is 0 Å². The van der Waals surface area contributed by atoms with Crippen molar-refractivity contribution in [2.24, 2.45) is 0 Å². The van der Waals surface area contributed by atoms with E-state index in [-0.39, 0.29) is 23.6 Å². The van der Waals surface area contributed by atoms with Crippen LogP contribution in [0.2, 0.25) is 5.02 Å². The zero-order valence-corrected chi connectivity index (χ0v) is 20.4. The molecule has 1 fully saturated rings. The predicted octanol–water partition coefficient (Wildman–Crippen LogP) is 5.37. The summed E-state index contributed by atoms with van der Waals surface area (Å²) in [5, 5.41) is 3.42. The van der Waals surface area contributed by atoms with E-state index in [0.29, 0.717) is 35.1 Å². The summed E-state index contributed by atoms with van der Waals surface area (Å²) < 4.78 is 5.83. The molecule has 0 aromatic heterocycles. The van der Waals surface area contributed by atoms with Gasteiger partial charge in [-0.1, -0.05) is 35.9 Å². The first-order chi connectivity index (χ1) is 16.9. The van der Waals surface area contributed by atoms with Gasteiger partial charge < -0.3 is 19.9 Å². The van der Waals surface area contributed by atoms with Crippen LogP contribution >= 0.6 is 11.6 Å². The molecule has 2 amide bonds. The first-order valence-corrected chi connectivity index (χ1v) is 12.0. The standard InChI is InChI=1S/C28H26ClN3O3/c1-18-5-3-8-23(13-18)32-12-11-31(17-19(32)2)28(34)21-9-10-25-24(16-21)30-27(33)26(35-25)15-20-6-4-7-22(29)14-20/h3-10,13-16,19H,11-12,17H2,1-2H3,(H,30,33)/b26-15+/t19-/m1/s1. The molecule has 1 saturated heterocycles. The second kappa shape index (κ2) is 9.47. The number of nitrogens with one attached hydrogen (secondary N) is 1. The average Bonchev–Trinajstić information content (AvgIpc) is 2.84. The summed E-state index contributed by atoms with van der Waals surface area (Å²) in [6, 6.07) is 20.9. The lowest BCUT2D eigenvalue weighted by atomic mass is 10.1. The van der Waals surface area contributed by atoms with Gasteiger partial charge in [-0.2, -0.15) is 0 Å². The summed E-state index contributed by atoms with van der Waals surface area (Å²) in [5.41, 5.74) is 4.16. The number of aryl methyl sites for hydroxylation is 1. The highest BCUT2D eigenvalue weighted by Crippen LogP contribution is 2.33. The number of amides is 2. The largest absolute Gasteiger partial charge is 0.449 e. The molecule has 0 unspecified atom stereocenters. The number of fused-ring (bicyclic) bond motifs is 1. The first-order valence-electron chi connectivity index (χ1n) is 11.6. The molecule has 7 heteroatoms. The highest BCUT2D eigenvalue weighted by Gasteiger charge is 2.29. The highest BCUT2D eigenvalue weighted by molar-refractivity contribution is 6.30. The molecular formula is C28H26ClN3O3. The third-order valence-corrected chi connectivity index (χ3v) is 6.55. The number of carbonyl (C=O) groups is 2. The number of nitrogens with zero attached hydrogens (tertiary/aromatic N) is 2. The van der Waals surface area contributed by atoms with Crippen LogP contribution in [0.15, 0.2) is 72.5 Å². The normalized spacial score (nSPS) is 18.7. The highest BCUT2D eigenvalue weighted by atomic mass is 35.5. The number of ether oxygens (including phenoxy) is 1. The fraction of sp³-hybridized carbons (Fsp3) is 0.214. The van der Waals surface area contributed by atoms with E-state index in [2.05, 4.69) is 48.3 Å². The molecule has 2 aliphatic heterocycles. The molecule has 0 spiro atoms. The molecule has 6 nitrogen and oxygen atoms in total. The van der Waals surface area contributed by atoms with Crippen molar-refractivity contribution in [3.8, 4) is 5.75 Å². The summed E-state index contributed by atoms with van der Waals surface area (Å²) in [7, 11) is 0. The maximum Gasteiger partial charge on any atom is 0.291 e. The molecule has 2 heterocycles. The van der Waals surface area contributed by atoms with E-state index in [1.807, 2.05) is 17.0 Å². The monoisotopic (exact) mass is 487 g/mol. The van der Waals surface area contributed by atoms with Gasteiger partial charge in [0.2, 0.25) is 0 Å². The summed E-state index contributed by atoms with van der Waals surface area (Å²) in [4.78, 5) is 30.1. The van der Waals surface area contributed by atoms with Crippen LogP contribution in [0.3, 0.4) is 0 Å². The number of benzene rings is 3. The molecule has 3 aromatic carbocycles. The third kappa shape index (κ3) is 4.88. The number of rotatable bonds is 3. The van der Waals surface area contributed by atoms with Crippen molar-refractivity contribution in [2.75, 3.05) is 29.9 Å².